The highest BCUT2D eigenvalue weighted by molar-refractivity contribution is 5.38. The van der Waals surface area contributed by atoms with Crippen LogP contribution in [0.1, 0.15) is 24.2 Å². The number of halogens is 1. The number of nitrogens with zero attached hydrogens (tertiary/aromatic N) is 1. The average Bonchev–Trinajstić information content (AvgIpc) is 2.33. The van der Waals surface area contributed by atoms with Gasteiger partial charge in [0.25, 0.3) is 0 Å². The van der Waals surface area contributed by atoms with Gasteiger partial charge in [0.1, 0.15) is 11.6 Å². The van der Waals surface area contributed by atoms with Crippen molar-refractivity contribution in [2.45, 2.75) is 20.0 Å². The SMILES string of the molecule is Cc1cc(F)ccc1Oc1ncccc1C(C)O. The Morgan fingerprint density at radius 1 is 1.33 bits per heavy atom. The first kappa shape index (κ1) is 12.5. The van der Waals surface area contributed by atoms with Crippen LogP contribution in [0, 0.1) is 12.7 Å². The van der Waals surface area contributed by atoms with Gasteiger partial charge in [-0.25, -0.2) is 9.37 Å². The van der Waals surface area contributed by atoms with Gasteiger partial charge in [0.05, 0.1) is 6.10 Å². The van der Waals surface area contributed by atoms with Crippen LogP contribution in [-0.4, -0.2) is 10.1 Å². The largest absolute Gasteiger partial charge is 0.438 e. The predicted octanol–water partition coefficient (Wildman–Crippen LogP) is 3.37. The van der Waals surface area contributed by atoms with Gasteiger partial charge in [-0.05, 0) is 49.7 Å². The predicted molar refractivity (Wildman–Crippen MR) is 66.1 cm³/mol. The van der Waals surface area contributed by atoms with E-state index < -0.39 is 6.10 Å². The number of benzene rings is 1. The molecule has 1 aromatic carbocycles. The summed E-state index contributed by atoms with van der Waals surface area (Å²) in [5, 5.41) is 9.62. The Morgan fingerprint density at radius 3 is 2.78 bits per heavy atom. The molecule has 94 valence electrons. The molecule has 1 N–H and O–H groups in total. The fourth-order valence-corrected chi connectivity index (χ4v) is 1.64. The maximum absolute atomic E-state index is 13.0. The molecule has 3 nitrogen and oxygen atoms in total. The number of aryl methyl sites for hydroxylation is 1. The van der Waals surface area contributed by atoms with Crippen molar-refractivity contribution in [2.75, 3.05) is 0 Å². The molecule has 0 fully saturated rings. The summed E-state index contributed by atoms with van der Waals surface area (Å²) >= 11 is 0. The lowest BCUT2D eigenvalue weighted by Crippen LogP contribution is -1.99. The fourth-order valence-electron chi connectivity index (χ4n) is 1.64. The van der Waals surface area contributed by atoms with Crippen LogP contribution < -0.4 is 4.74 Å². The van der Waals surface area contributed by atoms with Crippen molar-refractivity contribution in [3.8, 4) is 11.6 Å². The molecule has 0 bridgehead atoms. The second kappa shape index (κ2) is 5.14. The summed E-state index contributed by atoms with van der Waals surface area (Å²) in [6.07, 6.45) is 0.912. The highest BCUT2D eigenvalue weighted by Gasteiger charge is 2.11. The Hall–Kier alpha value is -1.94. The molecular formula is C14H14FNO2. The first-order chi connectivity index (χ1) is 8.58. The number of ether oxygens (including phenoxy) is 1. The van der Waals surface area contributed by atoms with Crippen LogP contribution in [0.15, 0.2) is 36.5 Å². The first-order valence-corrected chi connectivity index (χ1v) is 5.65. The molecule has 1 aromatic heterocycles. The topological polar surface area (TPSA) is 42.4 Å². The number of aliphatic hydroxyl groups excluding tert-OH is 1. The van der Waals surface area contributed by atoms with Crippen LogP contribution in [0.2, 0.25) is 0 Å². The molecule has 18 heavy (non-hydrogen) atoms. The van der Waals surface area contributed by atoms with E-state index in [1.54, 1.807) is 38.2 Å². The number of hydrogen-bond acceptors (Lipinski definition) is 3. The minimum absolute atomic E-state index is 0.309. The summed E-state index contributed by atoms with van der Waals surface area (Å²) in [5.41, 5.74) is 1.28. The van der Waals surface area contributed by atoms with Gasteiger partial charge in [-0.1, -0.05) is 0 Å². The van der Waals surface area contributed by atoms with Gasteiger partial charge < -0.3 is 9.84 Å². The van der Waals surface area contributed by atoms with Crippen LogP contribution in [0.25, 0.3) is 0 Å². The number of rotatable bonds is 3. The normalized spacial score (nSPS) is 12.2. The summed E-state index contributed by atoms with van der Waals surface area (Å²) in [5.74, 6) is 0.552. The standard InChI is InChI=1S/C14H14FNO2/c1-9-8-11(15)5-6-13(9)18-14-12(10(2)17)4-3-7-16-14/h3-8,10,17H,1-2H3. The van der Waals surface area contributed by atoms with Crippen molar-refractivity contribution >= 4 is 0 Å². The van der Waals surface area contributed by atoms with E-state index in [0.29, 0.717) is 22.8 Å². The Morgan fingerprint density at radius 2 is 2.11 bits per heavy atom. The van der Waals surface area contributed by atoms with Gasteiger partial charge in [-0.3, -0.25) is 0 Å². The third kappa shape index (κ3) is 2.65. The highest BCUT2D eigenvalue weighted by Crippen LogP contribution is 2.29. The maximum Gasteiger partial charge on any atom is 0.225 e. The van der Waals surface area contributed by atoms with E-state index in [1.807, 2.05) is 0 Å². The van der Waals surface area contributed by atoms with Crippen LogP contribution in [0.4, 0.5) is 4.39 Å². The van der Waals surface area contributed by atoms with Gasteiger partial charge >= 0.3 is 0 Å². The average molecular weight is 247 g/mol. The van der Waals surface area contributed by atoms with Gasteiger partial charge in [-0.2, -0.15) is 0 Å². The van der Waals surface area contributed by atoms with Crippen LogP contribution in [0.5, 0.6) is 11.6 Å². The zero-order chi connectivity index (χ0) is 13.1. The monoisotopic (exact) mass is 247 g/mol. The zero-order valence-corrected chi connectivity index (χ0v) is 10.2. The third-order valence-electron chi connectivity index (χ3n) is 2.59. The lowest BCUT2D eigenvalue weighted by Gasteiger charge is -2.13. The molecule has 1 heterocycles. The molecule has 4 heteroatoms. The molecule has 0 saturated carbocycles. The smallest absolute Gasteiger partial charge is 0.225 e. The quantitative estimate of drug-likeness (QED) is 0.904. The van der Waals surface area contributed by atoms with Gasteiger partial charge in [-0.15, -0.1) is 0 Å². The molecule has 2 aromatic rings. The van der Waals surface area contributed by atoms with Crippen molar-refractivity contribution in [2.24, 2.45) is 0 Å². The van der Waals surface area contributed by atoms with Crippen molar-refractivity contribution in [1.82, 2.24) is 4.98 Å². The second-order valence-electron chi connectivity index (χ2n) is 4.09. The molecule has 0 aliphatic carbocycles. The Balaban J connectivity index is 2.34. The molecule has 0 spiro atoms. The van der Waals surface area contributed by atoms with Gasteiger partial charge in [0.2, 0.25) is 5.88 Å². The highest BCUT2D eigenvalue weighted by atomic mass is 19.1. The summed E-state index contributed by atoms with van der Waals surface area (Å²) in [7, 11) is 0. The number of pyridine rings is 1. The molecular weight excluding hydrogens is 233 g/mol. The van der Waals surface area contributed by atoms with E-state index >= 15 is 0 Å². The van der Waals surface area contributed by atoms with E-state index in [-0.39, 0.29) is 5.82 Å². The first-order valence-electron chi connectivity index (χ1n) is 5.65. The molecule has 2 rings (SSSR count). The molecule has 1 unspecified atom stereocenters. The third-order valence-corrected chi connectivity index (χ3v) is 2.59. The molecule has 0 aliphatic heterocycles. The van der Waals surface area contributed by atoms with Crippen molar-refractivity contribution in [1.29, 1.82) is 0 Å². The molecule has 0 aliphatic rings. The van der Waals surface area contributed by atoms with Crippen LogP contribution in [0.3, 0.4) is 0 Å². The maximum atomic E-state index is 13.0. The number of aromatic nitrogens is 1. The molecule has 0 radical (unpaired) electrons. The van der Waals surface area contributed by atoms with E-state index in [9.17, 15) is 9.50 Å². The van der Waals surface area contributed by atoms with Crippen molar-refractivity contribution < 1.29 is 14.2 Å². The Kier molecular flexibility index (Phi) is 3.58. The van der Waals surface area contributed by atoms with Gasteiger partial charge in [0, 0.05) is 11.8 Å². The van der Waals surface area contributed by atoms with Crippen LogP contribution in [-0.2, 0) is 0 Å². The van der Waals surface area contributed by atoms with Crippen molar-refractivity contribution in [3.05, 3.63) is 53.5 Å². The summed E-state index contributed by atoms with van der Waals surface area (Å²) in [6.45, 7) is 3.39. The lowest BCUT2D eigenvalue weighted by atomic mass is 10.2. The summed E-state index contributed by atoms with van der Waals surface area (Å²) < 4.78 is 18.6. The van der Waals surface area contributed by atoms with Crippen LogP contribution >= 0.6 is 0 Å². The van der Waals surface area contributed by atoms with Gasteiger partial charge in [0.15, 0.2) is 0 Å². The Bertz CT molecular complexity index is 555. The van der Waals surface area contributed by atoms with Crippen molar-refractivity contribution in [3.63, 3.8) is 0 Å². The van der Waals surface area contributed by atoms with E-state index in [4.69, 9.17) is 4.74 Å². The fraction of sp³-hybridized carbons (Fsp3) is 0.214. The molecule has 0 amide bonds. The Labute approximate surface area is 105 Å². The number of hydrogen-bond donors (Lipinski definition) is 1. The lowest BCUT2D eigenvalue weighted by molar-refractivity contribution is 0.194. The summed E-state index contributed by atoms with van der Waals surface area (Å²) in [4.78, 5) is 4.08. The van der Waals surface area contributed by atoms with E-state index in [2.05, 4.69) is 4.98 Å². The second-order valence-corrected chi connectivity index (χ2v) is 4.09. The minimum Gasteiger partial charge on any atom is -0.438 e. The number of aliphatic hydroxyl groups is 1. The van der Waals surface area contributed by atoms with E-state index in [1.165, 1.54) is 12.1 Å². The zero-order valence-electron chi connectivity index (χ0n) is 10.2. The van der Waals surface area contributed by atoms with E-state index in [0.717, 1.165) is 0 Å². The molecule has 1 atom stereocenters. The minimum atomic E-state index is -0.672. The summed E-state index contributed by atoms with van der Waals surface area (Å²) in [6, 6.07) is 7.73. The molecule has 0 saturated heterocycles.